The summed E-state index contributed by atoms with van der Waals surface area (Å²) in [6.07, 6.45) is 0.297. The van der Waals surface area contributed by atoms with Crippen molar-refractivity contribution in [1.29, 1.82) is 0 Å². The normalized spacial score (nSPS) is 12.3. The number of para-hydroxylation sites is 1. The van der Waals surface area contributed by atoms with Gasteiger partial charge in [-0.1, -0.05) is 54.9 Å². The minimum absolute atomic E-state index is 0.00755. The van der Waals surface area contributed by atoms with Crippen molar-refractivity contribution in [2.75, 3.05) is 25.1 Å². The van der Waals surface area contributed by atoms with Gasteiger partial charge in [-0.25, -0.2) is 8.42 Å². The number of rotatable bonds is 12. The molecular weight excluding hydrogens is 578 g/mol. The topological polar surface area (TPSA) is 105 Å². The maximum absolute atomic E-state index is 14.2. The van der Waals surface area contributed by atoms with Gasteiger partial charge in [0.25, 0.3) is 10.0 Å². The number of anilines is 1. The molecule has 226 valence electrons. The van der Waals surface area contributed by atoms with Gasteiger partial charge in [0.05, 0.1) is 24.8 Å². The Hall–Kier alpha value is -3.76. The third-order valence-electron chi connectivity index (χ3n) is 6.45. The molecule has 0 aromatic heterocycles. The maximum Gasteiger partial charge on any atom is 0.264 e. The summed E-state index contributed by atoms with van der Waals surface area (Å²) in [6.45, 7) is 6.80. The summed E-state index contributed by atoms with van der Waals surface area (Å²) < 4.78 is 39.8. The lowest BCUT2D eigenvalue weighted by atomic mass is 10.1. The second-order valence-electron chi connectivity index (χ2n) is 10.6. The third-order valence-corrected chi connectivity index (χ3v) is 8.59. The van der Waals surface area contributed by atoms with Crippen LogP contribution in [-0.4, -0.2) is 57.5 Å². The number of nitrogens with zero attached hydrogens (tertiary/aromatic N) is 2. The number of hydrogen-bond donors (Lipinski definition) is 1. The van der Waals surface area contributed by atoms with Gasteiger partial charge in [-0.15, -0.1) is 0 Å². The first kappa shape index (κ1) is 32.8. The van der Waals surface area contributed by atoms with Crippen LogP contribution in [0.15, 0.2) is 77.7 Å². The van der Waals surface area contributed by atoms with Gasteiger partial charge in [0.2, 0.25) is 11.8 Å². The molecule has 0 heterocycles. The van der Waals surface area contributed by atoms with Crippen LogP contribution in [0.1, 0.15) is 39.7 Å². The van der Waals surface area contributed by atoms with Crippen LogP contribution < -0.4 is 19.1 Å². The number of carbonyl (C=O) groups is 2. The van der Waals surface area contributed by atoms with E-state index in [1.54, 1.807) is 61.5 Å². The zero-order valence-corrected chi connectivity index (χ0v) is 26.3. The van der Waals surface area contributed by atoms with Crippen LogP contribution in [-0.2, 0) is 26.2 Å². The van der Waals surface area contributed by atoms with Crippen molar-refractivity contribution < 1.29 is 27.5 Å². The summed E-state index contributed by atoms with van der Waals surface area (Å²) in [5.41, 5.74) is 0.366. The average molecular weight is 616 g/mol. The quantitative estimate of drug-likeness (QED) is 0.297. The first-order chi connectivity index (χ1) is 19.8. The standard InChI is InChI=1S/C31H38ClN3O6S/c1-7-26(30(37)33-31(2,3)4)34(20-22-13-11-12-16-25(22)32)29(36)21-35(23-14-9-8-10-15-23)42(38,39)24-17-18-27(40-5)28(19-24)41-6/h8-19,26H,7,20-21H2,1-6H3,(H,33,37)/t26-/m0/s1. The molecule has 1 N–H and O–H groups in total. The van der Waals surface area contributed by atoms with E-state index in [1.807, 2.05) is 20.8 Å². The van der Waals surface area contributed by atoms with Gasteiger partial charge < -0.3 is 19.7 Å². The number of sulfonamides is 1. The van der Waals surface area contributed by atoms with E-state index in [1.165, 1.54) is 37.3 Å². The van der Waals surface area contributed by atoms with Crippen LogP contribution in [0.5, 0.6) is 11.5 Å². The van der Waals surface area contributed by atoms with E-state index < -0.39 is 34.1 Å². The largest absolute Gasteiger partial charge is 0.493 e. The lowest BCUT2D eigenvalue weighted by Crippen LogP contribution is -2.55. The molecule has 42 heavy (non-hydrogen) atoms. The Balaban J connectivity index is 2.09. The fourth-order valence-corrected chi connectivity index (χ4v) is 6.04. The van der Waals surface area contributed by atoms with Gasteiger partial charge in [0, 0.05) is 23.2 Å². The molecule has 3 aromatic carbocycles. The van der Waals surface area contributed by atoms with Crippen molar-refractivity contribution >= 4 is 39.1 Å². The van der Waals surface area contributed by atoms with Crippen LogP contribution in [0.2, 0.25) is 5.02 Å². The minimum atomic E-state index is -4.28. The Bertz CT molecular complexity index is 1490. The SMILES string of the molecule is CC[C@@H](C(=O)NC(C)(C)C)N(Cc1ccccc1Cl)C(=O)CN(c1ccccc1)S(=O)(=O)c1ccc(OC)c(OC)c1. The van der Waals surface area contributed by atoms with Gasteiger partial charge >= 0.3 is 0 Å². The molecule has 3 aromatic rings. The summed E-state index contributed by atoms with van der Waals surface area (Å²) >= 11 is 6.45. The van der Waals surface area contributed by atoms with Crippen molar-refractivity contribution in [3.8, 4) is 11.5 Å². The van der Waals surface area contributed by atoms with E-state index in [0.717, 1.165) is 4.31 Å². The smallest absolute Gasteiger partial charge is 0.264 e. The highest BCUT2D eigenvalue weighted by molar-refractivity contribution is 7.92. The van der Waals surface area contributed by atoms with E-state index in [2.05, 4.69) is 5.32 Å². The molecule has 0 saturated heterocycles. The lowest BCUT2D eigenvalue weighted by Gasteiger charge is -2.35. The van der Waals surface area contributed by atoms with Crippen LogP contribution in [0.4, 0.5) is 5.69 Å². The van der Waals surface area contributed by atoms with Crippen molar-refractivity contribution in [1.82, 2.24) is 10.2 Å². The first-order valence-corrected chi connectivity index (χ1v) is 15.3. The van der Waals surface area contributed by atoms with Gasteiger partial charge in [-0.3, -0.25) is 13.9 Å². The third kappa shape index (κ3) is 7.95. The predicted octanol–water partition coefficient (Wildman–Crippen LogP) is 5.27. The Morgan fingerprint density at radius 3 is 2.12 bits per heavy atom. The maximum atomic E-state index is 14.2. The van der Waals surface area contributed by atoms with Crippen molar-refractivity contribution in [2.45, 2.75) is 57.1 Å². The zero-order valence-electron chi connectivity index (χ0n) is 24.8. The second-order valence-corrected chi connectivity index (χ2v) is 12.9. The molecule has 0 fully saturated rings. The number of benzene rings is 3. The Labute approximate surface area is 253 Å². The molecule has 0 bridgehead atoms. The molecule has 11 heteroatoms. The van der Waals surface area contributed by atoms with Gasteiger partial charge in [-0.05, 0) is 63.1 Å². The van der Waals surface area contributed by atoms with Crippen LogP contribution >= 0.6 is 11.6 Å². The average Bonchev–Trinajstić information content (AvgIpc) is 2.95. The Morgan fingerprint density at radius 1 is 0.929 bits per heavy atom. The number of amides is 2. The molecule has 0 aliphatic carbocycles. The van der Waals surface area contributed by atoms with Gasteiger partial charge in [0.15, 0.2) is 11.5 Å². The molecule has 0 unspecified atom stereocenters. The summed E-state index contributed by atoms with van der Waals surface area (Å²) in [5, 5.41) is 3.38. The van der Waals surface area contributed by atoms with E-state index in [-0.39, 0.29) is 28.8 Å². The van der Waals surface area contributed by atoms with Crippen LogP contribution in [0.25, 0.3) is 0 Å². The summed E-state index contributed by atoms with van der Waals surface area (Å²) in [6, 6.07) is 18.7. The highest BCUT2D eigenvalue weighted by Gasteiger charge is 2.35. The minimum Gasteiger partial charge on any atom is -0.493 e. The van der Waals surface area contributed by atoms with Crippen LogP contribution in [0, 0.1) is 0 Å². The summed E-state index contributed by atoms with van der Waals surface area (Å²) in [7, 11) is -1.42. The number of methoxy groups -OCH3 is 2. The number of nitrogens with one attached hydrogen (secondary N) is 1. The Morgan fingerprint density at radius 2 is 1.55 bits per heavy atom. The van der Waals surface area contributed by atoms with Gasteiger partial charge in [0.1, 0.15) is 12.6 Å². The fraction of sp³-hybridized carbons (Fsp3) is 0.355. The molecule has 9 nitrogen and oxygen atoms in total. The second kappa shape index (κ2) is 13.9. The summed E-state index contributed by atoms with van der Waals surface area (Å²) in [4.78, 5) is 28.9. The zero-order chi connectivity index (χ0) is 31.1. The van der Waals surface area contributed by atoms with E-state index in [4.69, 9.17) is 21.1 Å². The lowest BCUT2D eigenvalue weighted by molar-refractivity contribution is -0.141. The first-order valence-electron chi connectivity index (χ1n) is 13.5. The Kier molecular flexibility index (Phi) is 10.9. The van der Waals surface area contributed by atoms with Crippen molar-refractivity contribution in [3.63, 3.8) is 0 Å². The monoisotopic (exact) mass is 615 g/mol. The van der Waals surface area contributed by atoms with Crippen LogP contribution in [0.3, 0.4) is 0 Å². The number of hydrogen-bond acceptors (Lipinski definition) is 6. The molecule has 0 radical (unpaired) electrons. The molecular formula is C31H38ClN3O6S. The number of ether oxygens (including phenoxy) is 2. The molecule has 1 atom stereocenters. The molecule has 0 aliphatic heterocycles. The highest BCUT2D eigenvalue weighted by atomic mass is 35.5. The molecule has 0 spiro atoms. The molecule has 2 amide bonds. The molecule has 3 rings (SSSR count). The highest BCUT2D eigenvalue weighted by Crippen LogP contribution is 2.32. The number of halogens is 1. The van der Waals surface area contributed by atoms with Gasteiger partial charge in [-0.2, -0.15) is 0 Å². The van der Waals surface area contributed by atoms with Crippen molar-refractivity contribution in [3.05, 3.63) is 83.4 Å². The number of carbonyl (C=O) groups excluding carboxylic acids is 2. The van der Waals surface area contributed by atoms with E-state index in [0.29, 0.717) is 22.8 Å². The summed E-state index contributed by atoms with van der Waals surface area (Å²) in [5.74, 6) is -0.332. The fourth-order valence-electron chi connectivity index (χ4n) is 4.41. The molecule has 0 aliphatic rings. The predicted molar refractivity (Wildman–Crippen MR) is 164 cm³/mol. The van der Waals surface area contributed by atoms with E-state index in [9.17, 15) is 18.0 Å². The van der Waals surface area contributed by atoms with Crippen molar-refractivity contribution in [2.24, 2.45) is 0 Å². The molecule has 0 saturated carbocycles. The van der Waals surface area contributed by atoms with E-state index >= 15 is 0 Å².